The van der Waals surface area contributed by atoms with Gasteiger partial charge in [-0.2, -0.15) is 0 Å². The van der Waals surface area contributed by atoms with Crippen LogP contribution in [-0.2, 0) is 4.74 Å². The lowest BCUT2D eigenvalue weighted by Crippen LogP contribution is -2.41. The molecule has 1 aromatic carbocycles. The molecule has 23 heavy (non-hydrogen) atoms. The maximum atomic E-state index is 13.1. The van der Waals surface area contributed by atoms with E-state index in [0.717, 1.165) is 24.9 Å². The monoisotopic (exact) mass is 317 g/mol. The first-order valence-corrected chi connectivity index (χ1v) is 7.80. The van der Waals surface area contributed by atoms with Crippen molar-refractivity contribution in [3.8, 4) is 11.1 Å². The van der Waals surface area contributed by atoms with Gasteiger partial charge in [-0.05, 0) is 42.5 Å². The third-order valence-corrected chi connectivity index (χ3v) is 4.22. The molecule has 0 spiro atoms. The van der Waals surface area contributed by atoms with Crippen LogP contribution in [0.2, 0.25) is 0 Å². The first-order chi connectivity index (χ1) is 11.2. The van der Waals surface area contributed by atoms with Crippen molar-refractivity contribution in [2.45, 2.75) is 12.8 Å². The second-order valence-corrected chi connectivity index (χ2v) is 5.89. The molecule has 2 heterocycles. The van der Waals surface area contributed by atoms with Gasteiger partial charge in [-0.3, -0.25) is 4.79 Å². The molecule has 4 nitrogen and oxygen atoms in total. The van der Waals surface area contributed by atoms with Gasteiger partial charge in [-0.15, -0.1) is 0 Å². The van der Waals surface area contributed by atoms with Crippen molar-refractivity contribution in [1.82, 2.24) is 4.90 Å². The van der Waals surface area contributed by atoms with Crippen molar-refractivity contribution in [2.24, 2.45) is 5.92 Å². The number of nitrogens with zero attached hydrogens (tertiary/aromatic N) is 1. The Balaban J connectivity index is 1.80. The molecule has 1 atom stereocenters. The van der Waals surface area contributed by atoms with Crippen molar-refractivity contribution in [3.05, 3.63) is 48.2 Å². The summed E-state index contributed by atoms with van der Waals surface area (Å²) in [5.74, 6) is 0.260. The molecule has 0 aliphatic carbocycles. The molecule has 0 unspecified atom stereocenters. The maximum absolute atomic E-state index is 13.1. The quantitative estimate of drug-likeness (QED) is 0.865. The number of likely N-dealkylation sites (tertiary alicyclic amines) is 1. The van der Waals surface area contributed by atoms with Crippen LogP contribution in [0.3, 0.4) is 0 Å². The van der Waals surface area contributed by atoms with Gasteiger partial charge in [0.15, 0.2) is 5.76 Å². The molecule has 0 saturated carbocycles. The number of piperidine rings is 1. The van der Waals surface area contributed by atoms with Gasteiger partial charge in [0.05, 0.1) is 12.9 Å². The highest BCUT2D eigenvalue weighted by molar-refractivity contribution is 5.98. The van der Waals surface area contributed by atoms with Gasteiger partial charge in [0.2, 0.25) is 0 Å². The van der Waals surface area contributed by atoms with Gasteiger partial charge in [0.1, 0.15) is 5.82 Å². The Morgan fingerprint density at radius 3 is 2.87 bits per heavy atom. The number of ether oxygens (including phenoxy) is 1. The van der Waals surface area contributed by atoms with Crippen molar-refractivity contribution >= 4 is 5.91 Å². The van der Waals surface area contributed by atoms with E-state index in [1.165, 1.54) is 18.4 Å². The van der Waals surface area contributed by atoms with Gasteiger partial charge >= 0.3 is 0 Å². The van der Waals surface area contributed by atoms with E-state index in [4.69, 9.17) is 9.15 Å². The SMILES string of the molecule is COC[C@H]1CCCN(C(=O)c2occc2-c2ccc(F)cc2)C1. The van der Waals surface area contributed by atoms with Crippen LogP contribution >= 0.6 is 0 Å². The van der Waals surface area contributed by atoms with Gasteiger partial charge in [0, 0.05) is 25.8 Å². The van der Waals surface area contributed by atoms with E-state index in [1.54, 1.807) is 25.3 Å². The van der Waals surface area contributed by atoms with E-state index < -0.39 is 0 Å². The second kappa shape index (κ2) is 6.96. The number of furan rings is 1. The first-order valence-electron chi connectivity index (χ1n) is 7.80. The topological polar surface area (TPSA) is 42.7 Å². The number of halogens is 1. The minimum absolute atomic E-state index is 0.116. The number of rotatable bonds is 4. The zero-order valence-corrected chi connectivity index (χ0v) is 13.1. The summed E-state index contributed by atoms with van der Waals surface area (Å²) in [6.07, 6.45) is 3.54. The maximum Gasteiger partial charge on any atom is 0.290 e. The fourth-order valence-corrected chi connectivity index (χ4v) is 3.10. The second-order valence-electron chi connectivity index (χ2n) is 5.89. The summed E-state index contributed by atoms with van der Waals surface area (Å²) >= 11 is 0. The summed E-state index contributed by atoms with van der Waals surface area (Å²) in [7, 11) is 1.68. The summed E-state index contributed by atoms with van der Waals surface area (Å²) in [4.78, 5) is 14.6. The Kier molecular flexibility index (Phi) is 4.76. The molecule has 3 rings (SSSR count). The summed E-state index contributed by atoms with van der Waals surface area (Å²) in [5, 5.41) is 0. The van der Waals surface area contributed by atoms with E-state index in [-0.39, 0.29) is 11.7 Å². The molecule has 0 bridgehead atoms. The lowest BCUT2D eigenvalue weighted by atomic mass is 9.98. The molecule has 5 heteroatoms. The number of amides is 1. The van der Waals surface area contributed by atoms with E-state index in [9.17, 15) is 9.18 Å². The molecule has 122 valence electrons. The van der Waals surface area contributed by atoms with Crippen LogP contribution in [0.4, 0.5) is 4.39 Å². The fourth-order valence-electron chi connectivity index (χ4n) is 3.10. The number of benzene rings is 1. The van der Waals surface area contributed by atoms with Gasteiger partial charge in [0.25, 0.3) is 5.91 Å². The zero-order valence-electron chi connectivity index (χ0n) is 13.1. The summed E-state index contributed by atoms with van der Waals surface area (Å²) in [5.41, 5.74) is 1.47. The molecular formula is C18H20FNO3. The van der Waals surface area contributed by atoms with Crippen LogP contribution in [0.1, 0.15) is 23.4 Å². The Hall–Kier alpha value is -2.14. The number of hydrogen-bond donors (Lipinski definition) is 0. The van der Waals surface area contributed by atoms with Gasteiger partial charge in [-0.25, -0.2) is 4.39 Å². The van der Waals surface area contributed by atoms with Gasteiger partial charge < -0.3 is 14.1 Å². The number of methoxy groups -OCH3 is 1. The Bertz CT molecular complexity index is 663. The molecule has 1 aliphatic heterocycles. The molecule has 1 aliphatic rings. The Labute approximate surface area is 134 Å². The molecule has 1 amide bonds. The third kappa shape index (κ3) is 3.45. The lowest BCUT2D eigenvalue weighted by Gasteiger charge is -2.32. The predicted octanol–water partition coefficient (Wildman–Crippen LogP) is 3.58. The predicted molar refractivity (Wildman–Crippen MR) is 84.6 cm³/mol. The zero-order chi connectivity index (χ0) is 16.2. The largest absolute Gasteiger partial charge is 0.459 e. The summed E-state index contributed by atoms with van der Waals surface area (Å²) < 4.78 is 23.7. The average Bonchev–Trinajstić information content (AvgIpc) is 3.05. The standard InChI is InChI=1S/C18H20FNO3/c1-22-12-13-3-2-9-20(11-13)18(21)17-16(8-10-23-17)14-4-6-15(19)7-5-14/h4-8,10,13H,2-3,9,11-12H2,1H3/t13-/m0/s1. The molecule has 1 saturated heterocycles. The molecule has 0 radical (unpaired) electrons. The highest BCUT2D eigenvalue weighted by atomic mass is 19.1. The highest BCUT2D eigenvalue weighted by Crippen LogP contribution is 2.28. The van der Waals surface area contributed by atoms with E-state index in [0.29, 0.717) is 30.4 Å². The number of carbonyl (C=O) groups excluding carboxylic acids is 1. The highest BCUT2D eigenvalue weighted by Gasteiger charge is 2.28. The van der Waals surface area contributed by atoms with Crippen LogP contribution in [0.25, 0.3) is 11.1 Å². The number of hydrogen-bond acceptors (Lipinski definition) is 3. The van der Waals surface area contributed by atoms with Gasteiger partial charge in [-0.1, -0.05) is 12.1 Å². The van der Waals surface area contributed by atoms with Crippen molar-refractivity contribution in [2.75, 3.05) is 26.8 Å². The molecule has 1 aromatic heterocycles. The molecule has 1 fully saturated rings. The molecule has 2 aromatic rings. The lowest BCUT2D eigenvalue weighted by molar-refractivity contribution is 0.0544. The van der Waals surface area contributed by atoms with Crippen molar-refractivity contribution in [1.29, 1.82) is 0 Å². The van der Waals surface area contributed by atoms with E-state index in [1.807, 2.05) is 4.90 Å². The summed E-state index contributed by atoms with van der Waals surface area (Å²) in [6, 6.07) is 7.82. The average molecular weight is 317 g/mol. The normalized spacial score (nSPS) is 18.2. The third-order valence-electron chi connectivity index (χ3n) is 4.22. The van der Waals surface area contributed by atoms with Crippen LogP contribution in [-0.4, -0.2) is 37.6 Å². The van der Waals surface area contributed by atoms with Crippen LogP contribution in [0.5, 0.6) is 0 Å². The minimum Gasteiger partial charge on any atom is -0.459 e. The van der Waals surface area contributed by atoms with Crippen molar-refractivity contribution < 1.29 is 18.3 Å². The van der Waals surface area contributed by atoms with Crippen molar-refractivity contribution in [3.63, 3.8) is 0 Å². The first kappa shape index (κ1) is 15.7. The van der Waals surface area contributed by atoms with Crippen LogP contribution in [0.15, 0.2) is 41.0 Å². The number of carbonyl (C=O) groups is 1. The Morgan fingerprint density at radius 2 is 2.13 bits per heavy atom. The van der Waals surface area contributed by atoms with Crippen LogP contribution in [0, 0.1) is 11.7 Å². The minimum atomic E-state index is -0.302. The smallest absolute Gasteiger partial charge is 0.290 e. The fraction of sp³-hybridized carbons (Fsp3) is 0.389. The molecule has 0 N–H and O–H groups in total. The van der Waals surface area contributed by atoms with Crippen LogP contribution < -0.4 is 0 Å². The van der Waals surface area contributed by atoms with E-state index in [2.05, 4.69) is 0 Å². The Morgan fingerprint density at radius 1 is 1.35 bits per heavy atom. The molecular weight excluding hydrogens is 297 g/mol. The van der Waals surface area contributed by atoms with E-state index >= 15 is 0 Å². The summed E-state index contributed by atoms with van der Waals surface area (Å²) in [6.45, 7) is 2.06.